The summed E-state index contributed by atoms with van der Waals surface area (Å²) < 4.78 is 10.3. The number of rotatable bonds is 3. The minimum absolute atomic E-state index is 0.0165. The van der Waals surface area contributed by atoms with Gasteiger partial charge in [-0.05, 0) is 18.2 Å². The van der Waals surface area contributed by atoms with Crippen LogP contribution < -0.4 is 4.74 Å². The van der Waals surface area contributed by atoms with Crippen molar-refractivity contribution in [2.75, 3.05) is 0 Å². The third kappa shape index (κ3) is 2.28. The van der Waals surface area contributed by atoms with Crippen molar-refractivity contribution in [1.29, 1.82) is 0 Å². The first kappa shape index (κ1) is 14.0. The summed E-state index contributed by atoms with van der Waals surface area (Å²) in [6, 6.07) is 4.59. The van der Waals surface area contributed by atoms with Gasteiger partial charge in [0.15, 0.2) is 11.9 Å². The van der Waals surface area contributed by atoms with E-state index in [2.05, 4.69) is 0 Å². The van der Waals surface area contributed by atoms with Crippen LogP contribution in [0, 0.1) is 0 Å². The lowest BCUT2D eigenvalue weighted by Gasteiger charge is -2.09. The van der Waals surface area contributed by atoms with Crippen LogP contribution in [0.25, 0.3) is 0 Å². The molecule has 0 amide bonds. The van der Waals surface area contributed by atoms with E-state index in [-0.39, 0.29) is 33.5 Å². The molecule has 0 bridgehead atoms. The lowest BCUT2D eigenvalue weighted by molar-refractivity contribution is -0.144. The molecule has 0 spiro atoms. The van der Waals surface area contributed by atoms with Gasteiger partial charge in [-0.3, -0.25) is 4.79 Å². The van der Waals surface area contributed by atoms with Crippen LogP contribution in [0.15, 0.2) is 28.9 Å². The Hall–Kier alpha value is -1.98. The molecule has 108 valence electrons. The van der Waals surface area contributed by atoms with Gasteiger partial charge >= 0.3 is 5.97 Å². The van der Waals surface area contributed by atoms with Crippen molar-refractivity contribution >= 4 is 35.0 Å². The minimum Gasteiger partial charge on any atom is -0.478 e. The summed E-state index contributed by atoms with van der Waals surface area (Å²) in [6.07, 6.45) is 0.474. The first-order valence-corrected chi connectivity index (χ1v) is 6.73. The molecule has 1 unspecified atom stereocenters. The summed E-state index contributed by atoms with van der Waals surface area (Å²) >= 11 is 12.2. The molecule has 0 saturated heterocycles. The first-order chi connectivity index (χ1) is 9.99. The standard InChI is InChI=1S/C14H8Cl2O5/c15-10-7(12(17)8-2-1-3-20-8)4-6-5-9(14(18)19)21-13(6)11(10)16/h1-4,9H,5H2,(H,18,19). The Labute approximate surface area is 129 Å². The Balaban J connectivity index is 2.06. The minimum atomic E-state index is -1.10. The number of carboxylic acid groups (broad SMARTS) is 1. The Morgan fingerprint density at radius 3 is 2.67 bits per heavy atom. The Morgan fingerprint density at radius 2 is 2.05 bits per heavy atom. The zero-order chi connectivity index (χ0) is 15.1. The van der Waals surface area contributed by atoms with Crippen molar-refractivity contribution in [3.05, 3.63) is 51.4 Å². The van der Waals surface area contributed by atoms with E-state index in [0.717, 1.165) is 0 Å². The highest BCUT2D eigenvalue weighted by atomic mass is 35.5. The molecule has 1 aromatic heterocycles. The quantitative estimate of drug-likeness (QED) is 0.876. The highest BCUT2D eigenvalue weighted by Crippen LogP contribution is 2.43. The maximum Gasteiger partial charge on any atom is 0.345 e. The third-order valence-electron chi connectivity index (χ3n) is 3.17. The number of fused-ring (bicyclic) bond motifs is 1. The van der Waals surface area contributed by atoms with Gasteiger partial charge in [-0.1, -0.05) is 23.2 Å². The molecule has 0 fully saturated rings. The third-order valence-corrected chi connectivity index (χ3v) is 4.02. The molecule has 2 heterocycles. The molecule has 5 nitrogen and oxygen atoms in total. The second-order valence-electron chi connectivity index (χ2n) is 4.50. The SMILES string of the molecule is O=C(c1ccco1)c1cc2c(c(Cl)c1Cl)OC(C(=O)O)C2. The van der Waals surface area contributed by atoms with Crippen molar-refractivity contribution in [2.45, 2.75) is 12.5 Å². The van der Waals surface area contributed by atoms with Gasteiger partial charge in [0.05, 0.1) is 11.3 Å². The molecule has 1 N–H and O–H groups in total. The number of hydrogen-bond acceptors (Lipinski definition) is 4. The number of aliphatic carboxylic acids is 1. The number of furan rings is 1. The topological polar surface area (TPSA) is 76.7 Å². The van der Waals surface area contributed by atoms with Crippen molar-refractivity contribution in [3.63, 3.8) is 0 Å². The molecule has 1 aromatic carbocycles. The molecule has 3 rings (SSSR count). The molecule has 0 saturated carbocycles. The molecule has 1 aliphatic heterocycles. The maximum absolute atomic E-state index is 12.3. The summed E-state index contributed by atoms with van der Waals surface area (Å²) in [6.45, 7) is 0. The lowest BCUT2D eigenvalue weighted by atomic mass is 10.0. The molecule has 1 aliphatic rings. The monoisotopic (exact) mass is 326 g/mol. The van der Waals surface area contributed by atoms with Gasteiger partial charge in [0.25, 0.3) is 0 Å². The van der Waals surface area contributed by atoms with E-state index in [0.29, 0.717) is 5.56 Å². The number of carbonyl (C=O) groups is 2. The lowest BCUT2D eigenvalue weighted by Crippen LogP contribution is -2.24. The van der Waals surface area contributed by atoms with E-state index in [1.165, 1.54) is 18.4 Å². The van der Waals surface area contributed by atoms with Crippen LogP contribution in [-0.4, -0.2) is 23.0 Å². The van der Waals surface area contributed by atoms with Crippen LogP contribution in [0.4, 0.5) is 0 Å². The number of carbonyl (C=O) groups excluding carboxylic acids is 1. The van der Waals surface area contributed by atoms with Gasteiger partial charge in [-0.2, -0.15) is 0 Å². The van der Waals surface area contributed by atoms with Crippen molar-refractivity contribution in [2.24, 2.45) is 0 Å². The smallest absolute Gasteiger partial charge is 0.345 e. The largest absolute Gasteiger partial charge is 0.478 e. The second-order valence-corrected chi connectivity index (χ2v) is 5.25. The highest BCUT2D eigenvalue weighted by molar-refractivity contribution is 6.45. The van der Waals surface area contributed by atoms with Crippen LogP contribution in [-0.2, 0) is 11.2 Å². The Morgan fingerprint density at radius 1 is 1.29 bits per heavy atom. The first-order valence-electron chi connectivity index (χ1n) is 5.97. The van der Waals surface area contributed by atoms with Crippen LogP contribution in [0.1, 0.15) is 21.7 Å². The Kier molecular flexibility index (Phi) is 3.39. The fourth-order valence-electron chi connectivity index (χ4n) is 2.17. The number of ketones is 1. The summed E-state index contributed by atoms with van der Waals surface area (Å²) in [7, 11) is 0. The van der Waals surface area contributed by atoms with Gasteiger partial charge in [-0.25, -0.2) is 4.79 Å². The average molecular weight is 327 g/mol. The van der Waals surface area contributed by atoms with E-state index in [9.17, 15) is 9.59 Å². The second kappa shape index (κ2) is 5.09. The van der Waals surface area contributed by atoms with Gasteiger partial charge in [0.1, 0.15) is 10.8 Å². The molecule has 2 aromatic rings. The van der Waals surface area contributed by atoms with Crippen molar-refractivity contribution < 1.29 is 23.8 Å². The van der Waals surface area contributed by atoms with Crippen LogP contribution in [0.2, 0.25) is 10.0 Å². The average Bonchev–Trinajstić information content (AvgIpc) is 3.10. The summed E-state index contributed by atoms with van der Waals surface area (Å²) in [5.74, 6) is -1.18. The van der Waals surface area contributed by atoms with Crippen molar-refractivity contribution in [1.82, 2.24) is 0 Å². The fraction of sp³-hybridized carbons (Fsp3) is 0.143. The predicted molar refractivity (Wildman–Crippen MR) is 74.4 cm³/mol. The maximum atomic E-state index is 12.3. The molecule has 7 heteroatoms. The van der Waals surface area contributed by atoms with E-state index in [4.69, 9.17) is 37.5 Å². The zero-order valence-electron chi connectivity index (χ0n) is 10.4. The normalized spacial score (nSPS) is 16.4. The molecule has 21 heavy (non-hydrogen) atoms. The molecule has 1 atom stereocenters. The predicted octanol–water partition coefficient (Wildman–Crippen LogP) is 3.21. The van der Waals surface area contributed by atoms with E-state index < -0.39 is 17.9 Å². The van der Waals surface area contributed by atoms with Crippen LogP contribution in [0.5, 0.6) is 5.75 Å². The molecular formula is C14H8Cl2O5. The van der Waals surface area contributed by atoms with E-state index in [1.807, 2.05) is 0 Å². The number of carboxylic acids is 1. The molecule has 0 aliphatic carbocycles. The van der Waals surface area contributed by atoms with Crippen LogP contribution >= 0.6 is 23.2 Å². The van der Waals surface area contributed by atoms with E-state index >= 15 is 0 Å². The highest BCUT2D eigenvalue weighted by Gasteiger charge is 2.33. The van der Waals surface area contributed by atoms with Gasteiger partial charge in [0, 0.05) is 17.5 Å². The molecular weight excluding hydrogens is 319 g/mol. The Bertz CT molecular complexity index is 736. The fourth-order valence-corrected chi connectivity index (χ4v) is 2.66. The summed E-state index contributed by atoms with van der Waals surface area (Å²) in [5.41, 5.74) is 0.691. The van der Waals surface area contributed by atoms with E-state index in [1.54, 1.807) is 6.07 Å². The van der Waals surface area contributed by atoms with Gasteiger partial charge < -0.3 is 14.3 Å². The van der Waals surface area contributed by atoms with Crippen molar-refractivity contribution in [3.8, 4) is 5.75 Å². The number of benzene rings is 1. The number of ether oxygens (including phenoxy) is 1. The van der Waals surface area contributed by atoms with Gasteiger partial charge in [0.2, 0.25) is 5.78 Å². The summed E-state index contributed by atoms with van der Waals surface area (Å²) in [5, 5.41) is 9.04. The summed E-state index contributed by atoms with van der Waals surface area (Å²) in [4.78, 5) is 23.3. The zero-order valence-corrected chi connectivity index (χ0v) is 11.9. The van der Waals surface area contributed by atoms with Gasteiger partial charge in [-0.15, -0.1) is 0 Å². The number of hydrogen-bond donors (Lipinski definition) is 1. The van der Waals surface area contributed by atoms with Crippen LogP contribution in [0.3, 0.4) is 0 Å². The molecule has 0 radical (unpaired) electrons. The number of halogens is 2.